The van der Waals surface area contributed by atoms with Crippen molar-refractivity contribution < 1.29 is 23.5 Å². The van der Waals surface area contributed by atoms with Crippen LogP contribution in [0.4, 0.5) is 0 Å². The Morgan fingerprint density at radius 2 is 1.89 bits per heavy atom. The minimum atomic E-state index is -3.27. The monoisotopic (exact) mass is 274 g/mol. The van der Waals surface area contributed by atoms with Crippen molar-refractivity contribution in [1.82, 2.24) is 0 Å². The minimum absolute atomic E-state index is 0.0706. The molecule has 0 aromatic heterocycles. The van der Waals surface area contributed by atoms with Gasteiger partial charge in [-0.05, 0) is 32.0 Å². The van der Waals surface area contributed by atoms with Crippen molar-refractivity contribution >= 4 is 12.9 Å². The fourth-order valence-corrected chi connectivity index (χ4v) is 3.04. The van der Waals surface area contributed by atoms with Gasteiger partial charge in [-0.2, -0.15) is 0 Å². The van der Waals surface area contributed by atoms with E-state index in [-0.39, 0.29) is 13.2 Å². The van der Waals surface area contributed by atoms with E-state index in [1.54, 1.807) is 38.1 Å². The van der Waals surface area contributed by atoms with Crippen molar-refractivity contribution in [2.45, 2.75) is 13.8 Å². The van der Waals surface area contributed by atoms with Crippen LogP contribution in [0.1, 0.15) is 13.8 Å². The summed E-state index contributed by atoms with van der Waals surface area (Å²) in [6, 6.07) is 6.73. The van der Waals surface area contributed by atoms with Gasteiger partial charge in [0.05, 0.1) is 25.1 Å². The Bertz CT molecular complexity index is 397. The van der Waals surface area contributed by atoms with Gasteiger partial charge in [-0.1, -0.05) is 6.07 Å². The highest BCUT2D eigenvalue weighted by Gasteiger charge is 2.26. The second kappa shape index (κ2) is 7.54. The molecule has 0 aliphatic rings. The van der Waals surface area contributed by atoms with Gasteiger partial charge in [-0.3, -0.25) is 4.57 Å². The Labute approximate surface area is 107 Å². The Morgan fingerprint density at radius 3 is 2.44 bits per heavy atom. The molecule has 0 unspecified atom stereocenters. The molecule has 0 atom stereocenters. The molecular formula is C12H19O5P. The third-order valence-corrected chi connectivity index (χ3v) is 4.20. The largest absolute Gasteiger partial charge is 0.491 e. The zero-order valence-electron chi connectivity index (χ0n) is 10.7. The quantitative estimate of drug-likeness (QED) is 0.734. The van der Waals surface area contributed by atoms with Crippen LogP contribution in [0.15, 0.2) is 24.3 Å². The number of benzene rings is 1. The summed E-state index contributed by atoms with van der Waals surface area (Å²) >= 11 is 0. The maximum absolute atomic E-state index is 12.5. The standard InChI is InChI=1S/C12H19O5P/c1-3-16-18(14,17-4-2)12-7-5-6-11(10-12)15-9-8-13/h5-7,10,13H,3-4,8-9H2,1-2H3. The van der Waals surface area contributed by atoms with Crippen LogP contribution in [0.25, 0.3) is 0 Å². The molecule has 0 spiro atoms. The van der Waals surface area contributed by atoms with E-state index in [0.29, 0.717) is 24.3 Å². The molecule has 0 heterocycles. The molecule has 0 saturated heterocycles. The van der Waals surface area contributed by atoms with E-state index in [1.165, 1.54) is 0 Å². The summed E-state index contributed by atoms with van der Waals surface area (Å²) in [5.41, 5.74) is 0. The predicted octanol–water partition coefficient (Wildman–Crippen LogP) is 1.95. The minimum Gasteiger partial charge on any atom is -0.491 e. The molecule has 1 N–H and O–H groups in total. The number of hydrogen-bond donors (Lipinski definition) is 1. The zero-order chi connectivity index (χ0) is 13.4. The van der Waals surface area contributed by atoms with Crippen molar-refractivity contribution in [3.63, 3.8) is 0 Å². The van der Waals surface area contributed by atoms with Gasteiger partial charge < -0.3 is 18.9 Å². The lowest BCUT2D eigenvalue weighted by Crippen LogP contribution is -2.11. The Balaban J connectivity index is 2.94. The smallest absolute Gasteiger partial charge is 0.361 e. The lowest BCUT2D eigenvalue weighted by Gasteiger charge is -2.17. The van der Waals surface area contributed by atoms with E-state index in [1.807, 2.05) is 0 Å². The molecule has 1 rings (SSSR count). The molecule has 0 bridgehead atoms. The summed E-state index contributed by atoms with van der Waals surface area (Å²) in [6.07, 6.45) is 0. The van der Waals surface area contributed by atoms with E-state index in [0.717, 1.165) is 0 Å². The molecular weight excluding hydrogens is 255 g/mol. The van der Waals surface area contributed by atoms with Crippen LogP contribution in [-0.4, -0.2) is 31.5 Å². The number of hydrogen-bond acceptors (Lipinski definition) is 5. The van der Waals surface area contributed by atoms with Crippen molar-refractivity contribution in [2.75, 3.05) is 26.4 Å². The molecule has 0 fully saturated rings. The van der Waals surface area contributed by atoms with Gasteiger partial charge in [0.1, 0.15) is 12.4 Å². The van der Waals surface area contributed by atoms with Crippen LogP contribution < -0.4 is 10.0 Å². The first-order valence-electron chi connectivity index (χ1n) is 5.89. The summed E-state index contributed by atoms with van der Waals surface area (Å²) in [6.45, 7) is 4.25. The summed E-state index contributed by atoms with van der Waals surface area (Å²) in [5, 5.41) is 9.16. The van der Waals surface area contributed by atoms with Gasteiger partial charge in [0.15, 0.2) is 0 Å². The van der Waals surface area contributed by atoms with Gasteiger partial charge in [0, 0.05) is 0 Å². The fraction of sp³-hybridized carbons (Fsp3) is 0.500. The maximum atomic E-state index is 12.5. The summed E-state index contributed by atoms with van der Waals surface area (Å²) < 4.78 is 28.2. The Kier molecular flexibility index (Phi) is 6.36. The first-order chi connectivity index (χ1) is 8.66. The highest BCUT2D eigenvalue weighted by molar-refractivity contribution is 7.62. The molecule has 5 nitrogen and oxygen atoms in total. The molecule has 0 aliphatic carbocycles. The van der Waals surface area contributed by atoms with Crippen molar-refractivity contribution in [2.24, 2.45) is 0 Å². The van der Waals surface area contributed by atoms with Crippen molar-refractivity contribution in [1.29, 1.82) is 0 Å². The molecule has 102 valence electrons. The summed E-state index contributed by atoms with van der Waals surface area (Å²) in [7, 11) is -3.27. The van der Waals surface area contributed by atoms with Crippen LogP contribution in [0.2, 0.25) is 0 Å². The fourth-order valence-electron chi connectivity index (χ4n) is 1.43. The first-order valence-corrected chi connectivity index (χ1v) is 7.44. The number of ether oxygens (including phenoxy) is 1. The molecule has 0 aliphatic heterocycles. The maximum Gasteiger partial charge on any atom is 0.361 e. The molecule has 6 heteroatoms. The third kappa shape index (κ3) is 4.10. The predicted molar refractivity (Wildman–Crippen MR) is 69.5 cm³/mol. The van der Waals surface area contributed by atoms with E-state index in [4.69, 9.17) is 18.9 Å². The van der Waals surface area contributed by atoms with Crippen molar-refractivity contribution in [3.05, 3.63) is 24.3 Å². The van der Waals surface area contributed by atoms with Crippen LogP contribution in [-0.2, 0) is 13.6 Å². The van der Waals surface area contributed by atoms with E-state index >= 15 is 0 Å². The highest BCUT2D eigenvalue weighted by Crippen LogP contribution is 2.47. The molecule has 1 aromatic rings. The van der Waals surface area contributed by atoms with Gasteiger partial charge in [-0.15, -0.1) is 0 Å². The average Bonchev–Trinajstić information content (AvgIpc) is 2.37. The van der Waals surface area contributed by atoms with E-state index < -0.39 is 7.60 Å². The number of rotatable bonds is 8. The highest BCUT2D eigenvalue weighted by atomic mass is 31.2. The van der Waals surface area contributed by atoms with Gasteiger partial charge in [-0.25, -0.2) is 0 Å². The molecule has 18 heavy (non-hydrogen) atoms. The van der Waals surface area contributed by atoms with Gasteiger partial charge in [0.25, 0.3) is 0 Å². The van der Waals surface area contributed by atoms with Crippen LogP contribution >= 0.6 is 7.60 Å². The van der Waals surface area contributed by atoms with Crippen LogP contribution in [0, 0.1) is 0 Å². The normalized spacial score (nSPS) is 11.5. The van der Waals surface area contributed by atoms with Crippen LogP contribution in [0.3, 0.4) is 0 Å². The van der Waals surface area contributed by atoms with Gasteiger partial charge in [0.2, 0.25) is 0 Å². The lowest BCUT2D eigenvalue weighted by molar-refractivity contribution is 0.201. The molecule has 1 aromatic carbocycles. The number of aliphatic hydroxyl groups is 1. The number of aliphatic hydroxyl groups excluding tert-OH is 1. The molecule has 0 saturated carbocycles. The Hall–Kier alpha value is -0.870. The zero-order valence-corrected chi connectivity index (χ0v) is 11.6. The summed E-state index contributed by atoms with van der Waals surface area (Å²) in [5.74, 6) is 0.529. The molecule has 0 radical (unpaired) electrons. The Morgan fingerprint density at radius 1 is 1.22 bits per heavy atom. The molecule has 0 amide bonds. The van der Waals surface area contributed by atoms with E-state index in [9.17, 15) is 4.57 Å². The van der Waals surface area contributed by atoms with E-state index in [2.05, 4.69) is 0 Å². The third-order valence-electron chi connectivity index (χ3n) is 2.09. The van der Waals surface area contributed by atoms with Crippen molar-refractivity contribution in [3.8, 4) is 5.75 Å². The second-order valence-electron chi connectivity index (χ2n) is 3.40. The first kappa shape index (κ1) is 15.2. The SMILES string of the molecule is CCOP(=O)(OCC)c1cccc(OCCO)c1. The average molecular weight is 274 g/mol. The summed E-state index contributed by atoms with van der Waals surface area (Å²) in [4.78, 5) is 0. The van der Waals surface area contributed by atoms with Crippen LogP contribution in [0.5, 0.6) is 5.75 Å². The lowest BCUT2D eigenvalue weighted by atomic mass is 10.3. The van der Waals surface area contributed by atoms with Gasteiger partial charge >= 0.3 is 7.60 Å². The second-order valence-corrected chi connectivity index (χ2v) is 5.43. The topological polar surface area (TPSA) is 65.0 Å².